The molecule has 1 aromatic carbocycles. The summed E-state index contributed by atoms with van der Waals surface area (Å²) in [5.41, 5.74) is 9.43. The third kappa shape index (κ3) is 5.41. The van der Waals surface area contributed by atoms with Crippen LogP contribution >= 0.6 is 11.8 Å². The SMILES string of the molecule is CCN1C(=O)[C@@H](CNc2ccc3c(CN4CCCCC4)cn(C)c3c2)S/C1=C(/N)C(=O)NCC#N. The van der Waals surface area contributed by atoms with Crippen LogP contribution < -0.4 is 16.4 Å². The van der Waals surface area contributed by atoms with Crippen molar-refractivity contribution in [3.63, 3.8) is 0 Å². The summed E-state index contributed by atoms with van der Waals surface area (Å²) in [6.45, 7) is 5.84. The lowest BCUT2D eigenvalue weighted by Crippen LogP contribution is -2.35. The number of carbonyl (C=O) groups is 2. The monoisotopic (exact) mass is 495 g/mol. The number of thioether (sulfide) groups is 1. The molecule has 2 aromatic rings. The first-order chi connectivity index (χ1) is 16.9. The molecule has 2 saturated heterocycles. The summed E-state index contributed by atoms with van der Waals surface area (Å²) in [7, 11) is 2.07. The van der Waals surface area contributed by atoms with Crippen LogP contribution in [0.1, 0.15) is 31.7 Å². The van der Waals surface area contributed by atoms with Gasteiger partial charge in [-0.15, -0.1) is 0 Å². The van der Waals surface area contributed by atoms with Gasteiger partial charge in [0.1, 0.15) is 22.5 Å². The molecule has 2 aliphatic rings. The average molecular weight is 496 g/mol. The molecule has 0 saturated carbocycles. The number of rotatable bonds is 8. The Hall–Kier alpha value is -3.16. The molecule has 35 heavy (non-hydrogen) atoms. The minimum absolute atomic E-state index is 0.0329. The smallest absolute Gasteiger partial charge is 0.270 e. The van der Waals surface area contributed by atoms with Crippen LogP contribution in [0.5, 0.6) is 0 Å². The first-order valence-corrected chi connectivity index (χ1v) is 13.0. The Morgan fingerprint density at radius 1 is 1.29 bits per heavy atom. The fourth-order valence-electron chi connectivity index (χ4n) is 4.74. The van der Waals surface area contributed by atoms with E-state index in [1.807, 2.05) is 13.0 Å². The molecule has 186 valence electrons. The lowest BCUT2D eigenvalue weighted by molar-refractivity contribution is -0.127. The molecule has 2 amide bonds. The van der Waals surface area contributed by atoms with E-state index in [0.29, 0.717) is 18.1 Å². The second-order valence-corrected chi connectivity index (χ2v) is 10.2. The molecular formula is C25H33N7O2S. The van der Waals surface area contributed by atoms with Crippen molar-refractivity contribution >= 4 is 40.2 Å². The van der Waals surface area contributed by atoms with Crippen molar-refractivity contribution in [3.8, 4) is 6.07 Å². The van der Waals surface area contributed by atoms with E-state index < -0.39 is 11.2 Å². The van der Waals surface area contributed by atoms with Crippen LogP contribution in [0.3, 0.4) is 0 Å². The highest BCUT2D eigenvalue weighted by atomic mass is 32.2. The van der Waals surface area contributed by atoms with Crippen molar-refractivity contribution in [3.05, 3.63) is 40.7 Å². The number of nitriles is 1. The maximum Gasteiger partial charge on any atom is 0.270 e. The van der Waals surface area contributed by atoms with Crippen LogP contribution in [0.15, 0.2) is 35.1 Å². The third-order valence-corrected chi connectivity index (χ3v) is 7.88. The number of likely N-dealkylation sites (tertiary alicyclic amines) is 1. The Bertz CT molecular complexity index is 1180. The van der Waals surface area contributed by atoms with Crippen molar-refractivity contribution in [1.29, 1.82) is 5.26 Å². The van der Waals surface area contributed by atoms with Gasteiger partial charge in [-0.3, -0.25) is 14.5 Å². The van der Waals surface area contributed by atoms with Crippen LogP contribution in [0, 0.1) is 11.3 Å². The summed E-state index contributed by atoms with van der Waals surface area (Å²) in [6, 6.07) is 8.19. The van der Waals surface area contributed by atoms with Gasteiger partial charge in [0.05, 0.1) is 11.6 Å². The summed E-state index contributed by atoms with van der Waals surface area (Å²) >= 11 is 1.28. The standard InChI is InChI=1S/C25H33N7O2S/c1-3-32-24(34)21(35-25(32)22(27)23(33)28-10-9-26)14-29-18-7-8-19-17(15-30(2)20(19)13-18)16-31-11-5-4-6-12-31/h7-8,13,15,21,29H,3-6,10-12,14,16,27H2,1-2H3,(H,28,33)/b25-22+/t21-/m1/s1. The van der Waals surface area contributed by atoms with Crippen LogP contribution in [0.4, 0.5) is 5.69 Å². The molecule has 3 heterocycles. The van der Waals surface area contributed by atoms with Crippen LogP contribution in [0.25, 0.3) is 10.9 Å². The summed E-state index contributed by atoms with van der Waals surface area (Å²) < 4.78 is 2.16. The van der Waals surface area contributed by atoms with Gasteiger partial charge in [-0.05, 0) is 50.6 Å². The first-order valence-electron chi connectivity index (χ1n) is 12.1. The maximum atomic E-state index is 13.0. The number of nitrogens with one attached hydrogen (secondary N) is 2. The first kappa shape index (κ1) is 24.9. The normalized spacial score (nSPS) is 20.2. The van der Waals surface area contributed by atoms with Gasteiger partial charge in [-0.25, -0.2) is 0 Å². The summed E-state index contributed by atoms with van der Waals surface area (Å²) in [5, 5.41) is 15.8. The Labute approximate surface area is 210 Å². The fraction of sp³-hybridized carbons (Fsp3) is 0.480. The number of amides is 2. The van der Waals surface area contributed by atoms with Gasteiger partial charge in [0.25, 0.3) is 5.91 Å². The molecule has 0 bridgehead atoms. The fourth-order valence-corrected chi connectivity index (χ4v) is 5.98. The molecule has 1 aromatic heterocycles. The van der Waals surface area contributed by atoms with Crippen molar-refractivity contribution < 1.29 is 9.59 Å². The minimum atomic E-state index is -0.538. The lowest BCUT2D eigenvalue weighted by atomic mass is 10.1. The number of piperidine rings is 1. The van der Waals surface area contributed by atoms with E-state index >= 15 is 0 Å². The highest BCUT2D eigenvalue weighted by Crippen LogP contribution is 2.36. The second-order valence-electron chi connectivity index (χ2n) is 8.96. The topological polar surface area (TPSA) is 119 Å². The van der Waals surface area contributed by atoms with Crippen molar-refractivity contribution in [2.75, 3.05) is 38.0 Å². The molecule has 0 radical (unpaired) electrons. The number of aromatic nitrogens is 1. The van der Waals surface area contributed by atoms with E-state index in [-0.39, 0.29) is 18.1 Å². The van der Waals surface area contributed by atoms with E-state index in [9.17, 15) is 9.59 Å². The number of nitrogens with zero attached hydrogens (tertiary/aromatic N) is 4. The largest absolute Gasteiger partial charge is 0.392 e. The summed E-state index contributed by atoms with van der Waals surface area (Å²) in [4.78, 5) is 29.2. The molecular weight excluding hydrogens is 462 g/mol. The van der Waals surface area contributed by atoms with Gasteiger partial charge in [0, 0.05) is 44.0 Å². The number of anilines is 1. The Kier molecular flexibility index (Phi) is 7.88. The van der Waals surface area contributed by atoms with Gasteiger partial charge in [0.15, 0.2) is 0 Å². The highest BCUT2D eigenvalue weighted by Gasteiger charge is 2.38. The average Bonchev–Trinajstić information content (AvgIpc) is 3.36. The van der Waals surface area contributed by atoms with Crippen LogP contribution in [0.2, 0.25) is 0 Å². The van der Waals surface area contributed by atoms with Crippen molar-refractivity contribution in [1.82, 2.24) is 19.7 Å². The number of fused-ring (bicyclic) bond motifs is 1. The summed E-state index contributed by atoms with van der Waals surface area (Å²) in [6.07, 6.45) is 6.10. The Morgan fingerprint density at radius 3 is 2.77 bits per heavy atom. The molecule has 4 N–H and O–H groups in total. The number of hydrogen-bond donors (Lipinski definition) is 3. The zero-order valence-electron chi connectivity index (χ0n) is 20.3. The predicted octanol–water partition coefficient (Wildman–Crippen LogP) is 2.31. The molecule has 2 aliphatic heterocycles. The van der Waals surface area contributed by atoms with Gasteiger partial charge in [-0.1, -0.05) is 24.2 Å². The van der Waals surface area contributed by atoms with E-state index in [1.54, 1.807) is 0 Å². The van der Waals surface area contributed by atoms with Gasteiger partial charge in [0.2, 0.25) is 5.91 Å². The molecule has 0 spiro atoms. The van der Waals surface area contributed by atoms with E-state index in [4.69, 9.17) is 11.0 Å². The van der Waals surface area contributed by atoms with Crippen LogP contribution in [-0.4, -0.2) is 64.2 Å². The van der Waals surface area contributed by atoms with Crippen LogP contribution in [-0.2, 0) is 23.2 Å². The molecule has 2 fully saturated rings. The molecule has 0 aliphatic carbocycles. The minimum Gasteiger partial charge on any atom is -0.392 e. The Morgan fingerprint density at radius 2 is 2.06 bits per heavy atom. The van der Waals surface area contributed by atoms with Crippen molar-refractivity contribution in [2.24, 2.45) is 12.8 Å². The molecule has 9 nitrogen and oxygen atoms in total. The molecule has 0 unspecified atom stereocenters. The van der Waals surface area contributed by atoms with Gasteiger partial charge in [-0.2, -0.15) is 5.26 Å². The van der Waals surface area contributed by atoms with E-state index in [1.165, 1.54) is 60.0 Å². The number of nitrogens with two attached hydrogens (primary N) is 1. The number of benzene rings is 1. The number of aryl methyl sites for hydroxylation is 1. The molecule has 1 atom stereocenters. The zero-order chi connectivity index (χ0) is 24.9. The molecule has 10 heteroatoms. The van der Waals surface area contributed by atoms with Crippen molar-refractivity contribution in [2.45, 2.75) is 38.0 Å². The summed E-state index contributed by atoms with van der Waals surface area (Å²) in [5.74, 6) is -0.622. The molecule has 4 rings (SSSR count). The van der Waals surface area contributed by atoms with E-state index in [2.05, 4.69) is 51.5 Å². The maximum absolute atomic E-state index is 13.0. The van der Waals surface area contributed by atoms with E-state index in [0.717, 1.165) is 17.7 Å². The lowest BCUT2D eigenvalue weighted by Gasteiger charge is -2.26. The number of carbonyl (C=O) groups excluding carboxylic acids is 2. The van der Waals surface area contributed by atoms with Gasteiger partial charge >= 0.3 is 0 Å². The third-order valence-electron chi connectivity index (χ3n) is 6.57. The highest BCUT2D eigenvalue weighted by molar-refractivity contribution is 8.04. The predicted molar refractivity (Wildman–Crippen MR) is 139 cm³/mol. The Balaban J connectivity index is 1.45. The zero-order valence-corrected chi connectivity index (χ0v) is 21.2. The quantitative estimate of drug-likeness (QED) is 0.380. The second kappa shape index (κ2) is 11.1. The number of hydrogen-bond acceptors (Lipinski definition) is 7. The van der Waals surface area contributed by atoms with Gasteiger partial charge < -0.3 is 25.8 Å².